The van der Waals surface area contributed by atoms with Gasteiger partial charge in [-0.25, -0.2) is 18.4 Å². The SMILES string of the molecule is Cc1oc(C(=O)O)cc1S(N)(=O)=O. The molecule has 1 aromatic rings. The number of primary sulfonamides is 1. The van der Waals surface area contributed by atoms with Gasteiger partial charge in [-0.05, 0) is 6.92 Å². The molecule has 6 nitrogen and oxygen atoms in total. The van der Waals surface area contributed by atoms with E-state index in [1.54, 1.807) is 0 Å². The van der Waals surface area contributed by atoms with Crippen molar-refractivity contribution >= 4 is 16.0 Å². The molecular weight excluding hydrogens is 198 g/mol. The summed E-state index contributed by atoms with van der Waals surface area (Å²) in [5.41, 5.74) is 0. The number of sulfonamides is 1. The number of hydrogen-bond acceptors (Lipinski definition) is 4. The predicted molar refractivity (Wildman–Crippen MR) is 41.8 cm³/mol. The maximum Gasteiger partial charge on any atom is 0.371 e. The standard InChI is InChI=1S/C6H7NO5S/c1-3-5(13(7,10)11)2-4(12-3)6(8)9/h2H,1H3,(H,8,9)(H2,7,10,11). The van der Waals surface area contributed by atoms with E-state index >= 15 is 0 Å². The minimum Gasteiger partial charge on any atom is -0.475 e. The average molecular weight is 205 g/mol. The van der Waals surface area contributed by atoms with Crippen LogP contribution < -0.4 is 5.14 Å². The third-order valence-corrected chi connectivity index (χ3v) is 2.41. The molecule has 0 bridgehead atoms. The fraction of sp³-hybridized carbons (Fsp3) is 0.167. The van der Waals surface area contributed by atoms with E-state index in [0.717, 1.165) is 6.07 Å². The van der Waals surface area contributed by atoms with Crippen molar-refractivity contribution < 1.29 is 22.7 Å². The predicted octanol–water partition coefficient (Wildman–Crippen LogP) is -0.0664. The molecule has 1 rings (SSSR count). The van der Waals surface area contributed by atoms with E-state index in [2.05, 4.69) is 4.42 Å². The Morgan fingerprint density at radius 2 is 2.15 bits per heavy atom. The summed E-state index contributed by atoms with van der Waals surface area (Å²) >= 11 is 0. The van der Waals surface area contributed by atoms with E-state index in [9.17, 15) is 13.2 Å². The van der Waals surface area contributed by atoms with Crippen molar-refractivity contribution in [3.8, 4) is 0 Å². The monoisotopic (exact) mass is 205 g/mol. The van der Waals surface area contributed by atoms with Crippen LogP contribution in [-0.4, -0.2) is 19.5 Å². The van der Waals surface area contributed by atoms with Crippen LogP contribution in [0.3, 0.4) is 0 Å². The van der Waals surface area contributed by atoms with Gasteiger partial charge < -0.3 is 9.52 Å². The van der Waals surface area contributed by atoms with E-state index < -0.39 is 21.8 Å². The number of carboxylic acids is 1. The quantitative estimate of drug-likeness (QED) is 0.702. The van der Waals surface area contributed by atoms with Gasteiger partial charge in [0, 0.05) is 6.07 Å². The highest BCUT2D eigenvalue weighted by Gasteiger charge is 2.20. The Morgan fingerprint density at radius 1 is 1.62 bits per heavy atom. The van der Waals surface area contributed by atoms with Crippen molar-refractivity contribution in [1.82, 2.24) is 0 Å². The molecule has 0 atom stereocenters. The first-order valence-electron chi connectivity index (χ1n) is 3.19. The first-order chi connectivity index (χ1) is 5.82. The minimum atomic E-state index is -3.90. The highest BCUT2D eigenvalue weighted by atomic mass is 32.2. The summed E-state index contributed by atoms with van der Waals surface area (Å²) in [6.07, 6.45) is 0. The van der Waals surface area contributed by atoms with Crippen LogP contribution in [0.4, 0.5) is 0 Å². The third kappa shape index (κ3) is 1.87. The lowest BCUT2D eigenvalue weighted by molar-refractivity contribution is 0.0661. The number of nitrogens with two attached hydrogens (primary N) is 1. The van der Waals surface area contributed by atoms with Crippen LogP contribution in [0.25, 0.3) is 0 Å². The number of furan rings is 1. The van der Waals surface area contributed by atoms with E-state index in [-0.39, 0.29) is 10.7 Å². The number of hydrogen-bond donors (Lipinski definition) is 2. The molecule has 1 aromatic heterocycles. The van der Waals surface area contributed by atoms with Gasteiger partial charge in [0.15, 0.2) is 0 Å². The first kappa shape index (κ1) is 9.75. The van der Waals surface area contributed by atoms with Gasteiger partial charge in [0.2, 0.25) is 15.8 Å². The van der Waals surface area contributed by atoms with Crippen molar-refractivity contribution in [2.24, 2.45) is 5.14 Å². The number of aromatic carboxylic acids is 1. The molecule has 0 unspecified atom stereocenters. The van der Waals surface area contributed by atoms with Crippen LogP contribution in [0.2, 0.25) is 0 Å². The second-order valence-electron chi connectivity index (χ2n) is 2.38. The Hall–Kier alpha value is -1.34. The van der Waals surface area contributed by atoms with Crippen LogP contribution in [-0.2, 0) is 10.0 Å². The van der Waals surface area contributed by atoms with Gasteiger partial charge in [-0.15, -0.1) is 0 Å². The van der Waals surface area contributed by atoms with Crippen molar-refractivity contribution in [1.29, 1.82) is 0 Å². The lowest BCUT2D eigenvalue weighted by atomic mass is 10.4. The maximum absolute atomic E-state index is 10.8. The fourth-order valence-electron chi connectivity index (χ4n) is 0.853. The number of aryl methyl sites for hydroxylation is 1. The lowest BCUT2D eigenvalue weighted by Crippen LogP contribution is -2.12. The molecule has 0 aliphatic heterocycles. The summed E-state index contributed by atoms with van der Waals surface area (Å²) in [6, 6.07) is 0.882. The summed E-state index contributed by atoms with van der Waals surface area (Å²) in [5, 5.41) is 13.2. The molecule has 1 heterocycles. The Kier molecular flexibility index (Phi) is 2.14. The van der Waals surface area contributed by atoms with E-state index in [1.165, 1.54) is 6.92 Å². The maximum atomic E-state index is 10.8. The molecule has 0 fully saturated rings. The zero-order chi connectivity index (χ0) is 10.2. The second-order valence-corrected chi connectivity index (χ2v) is 3.91. The van der Waals surface area contributed by atoms with Gasteiger partial charge in [0.1, 0.15) is 10.7 Å². The van der Waals surface area contributed by atoms with Gasteiger partial charge in [0.05, 0.1) is 0 Å². The Bertz CT molecular complexity index is 444. The fourth-order valence-corrected chi connectivity index (χ4v) is 1.57. The van der Waals surface area contributed by atoms with E-state index in [4.69, 9.17) is 10.2 Å². The van der Waals surface area contributed by atoms with Crippen LogP contribution in [0, 0.1) is 6.92 Å². The first-order valence-corrected chi connectivity index (χ1v) is 4.73. The zero-order valence-electron chi connectivity index (χ0n) is 6.64. The molecule has 0 spiro atoms. The molecule has 0 saturated heterocycles. The molecule has 0 aliphatic rings. The molecule has 0 aromatic carbocycles. The summed E-state index contributed by atoms with van der Waals surface area (Å²) in [4.78, 5) is 10.1. The smallest absolute Gasteiger partial charge is 0.371 e. The molecule has 7 heteroatoms. The molecule has 13 heavy (non-hydrogen) atoms. The summed E-state index contributed by atoms with van der Waals surface area (Å²) < 4.78 is 26.3. The van der Waals surface area contributed by atoms with Crippen molar-refractivity contribution in [2.45, 2.75) is 11.8 Å². The molecular formula is C6H7NO5S. The van der Waals surface area contributed by atoms with Crippen LogP contribution in [0.1, 0.15) is 16.3 Å². The second kappa shape index (κ2) is 2.86. The summed E-state index contributed by atoms with van der Waals surface area (Å²) in [7, 11) is -3.90. The van der Waals surface area contributed by atoms with Crippen LogP contribution >= 0.6 is 0 Å². The molecule has 0 amide bonds. The number of carboxylic acid groups (broad SMARTS) is 1. The lowest BCUT2D eigenvalue weighted by Gasteiger charge is -1.90. The van der Waals surface area contributed by atoms with Crippen molar-refractivity contribution in [3.63, 3.8) is 0 Å². The van der Waals surface area contributed by atoms with Gasteiger partial charge >= 0.3 is 5.97 Å². The topological polar surface area (TPSA) is 111 Å². The summed E-state index contributed by atoms with van der Waals surface area (Å²) in [5.74, 6) is -1.81. The van der Waals surface area contributed by atoms with E-state index in [1.807, 2.05) is 0 Å². The largest absolute Gasteiger partial charge is 0.475 e. The van der Waals surface area contributed by atoms with Gasteiger partial charge in [-0.2, -0.15) is 0 Å². The Labute approximate surface area is 74.0 Å². The molecule has 72 valence electrons. The molecule has 3 N–H and O–H groups in total. The Morgan fingerprint density at radius 3 is 2.38 bits per heavy atom. The van der Waals surface area contributed by atoms with E-state index in [0.29, 0.717) is 0 Å². The minimum absolute atomic E-state index is 0.0279. The highest BCUT2D eigenvalue weighted by molar-refractivity contribution is 7.89. The molecule has 0 radical (unpaired) electrons. The van der Waals surface area contributed by atoms with Gasteiger partial charge in [-0.1, -0.05) is 0 Å². The highest BCUT2D eigenvalue weighted by Crippen LogP contribution is 2.18. The molecule has 0 saturated carbocycles. The normalized spacial score (nSPS) is 11.5. The van der Waals surface area contributed by atoms with Crippen molar-refractivity contribution in [3.05, 3.63) is 17.6 Å². The third-order valence-electron chi connectivity index (χ3n) is 1.39. The number of rotatable bonds is 2. The van der Waals surface area contributed by atoms with Crippen LogP contribution in [0.5, 0.6) is 0 Å². The molecule has 0 aliphatic carbocycles. The van der Waals surface area contributed by atoms with Gasteiger partial charge in [0.25, 0.3) is 0 Å². The van der Waals surface area contributed by atoms with Gasteiger partial charge in [-0.3, -0.25) is 0 Å². The average Bonchev–Trinajstić information content (AvgIpc) is 2.29. The van der Waals surface area contributed by atoms with Crippen LogP contribution in [0.15, 0.2) is 15.4 Å². The number of carbonyl (C=O) groups is 1. The Balaban J connectivity index is 3.35. The summed E-state index contributed by atoms with van der Waals surface area (Å²) in [6.45, 7) is 1.33. The zero-order valence-corrected chi connectivity index (χ0v) is 7.46. The van der Waals surface area contributed by atoms with Crippen molar-refractivity contribution in [2.75, 3.05) is 0 Å².